The van der Waals surface area contributed by atoms with Gasteiger partial charge in [-0.05, 0) is 56.0 Å². The Balaban J connectivity index is 1.57. The highest BCUT2D eigenvalue weighted by Gasteiger charge is 2.14. The summed E-state index contributed by atoms with van der Waals surface area (Å²) in [6.07, 6.45) is 0.897. The first kappa shape index (κ1) is 22.4. The van der Waals surface area contributed by atoms with E-state index < -0.39 is 0 Å². The van der Waals surface area contributed by atoms with Crippen LogP contribution in [0.5, 0.6) is 5.75 Å². The first-order valence-electron chi connectivity index (χ1n) is 10.7. The number of nitrogens with one attached hydrogen (secondary N) is 2. The number of para-hydroxylation sites is 1. The summed E-state index contributed by atoms with van der Waals surface area (Å²) >= 11 is 0. The van der Waals surface area contributed by atoms with E-state index in [2.05, 4.69) is 59.7 Å². The van der Waals surface area contributed by atoms with E-state index in [0.717, 1.165) is 29.4 Å². The van der Waals surface area contributed by atoms with Crippen molar-refractivity contribution in [2.75, 3.05) is 7.05 Å². The summed E-state index contributed by atoms with van der Waals surface area (Å²) in [5.41, 5.74) is 5.93. The molecule has 3 rings (SSSR count). The summed E-state index contributed by atoms with van der Waals surface area (Å²) in [5, 5.41) is 11.5. The fourth-order valence-corrected chi connectivity index (χ4v) is 3.63. The average molecular weight is 420 g/mol. The number of aromatic nitrogens is 2. The van der Waals surface area contributed by atoms with E-state index >= 15 is 0 Å². The number of ether oxygens (including phenoxy) is 1. The van der Waals surface area contributed by atoms with Crippen molar-refractivity contribution in [2.45, 2.75) is 46.4 Å². The summed E-state index contributed by atoms with van der Waals surface area (Å²) in [7, 11) is 3.79. The molecular formula is C25H33N5O. The molecule has 0 bridgehead atoms. The van der Waals surface area contributed by atoms with Gasteiger partial charge in [0.2, 0.25) is 0 Å². The SMILES string of the molecule is CN=C(NCc1ccccc1COc1ccccc1)NC(C)Cc1c(C)nn(C)c1C. The number of guanidine groups is 1. The molecule has 0 amide bonds. The van der Waals surface area contributed by atoms with Crippen LogP contribution in [0.3, 0.4) is 0 Å². The second kappa shape index (κ2) is 10.7. The standard InChI is InChI=1S/C25H33N5O/c1-18(15-24-19(2)29-30(5)20(24)3)28-25(26-4)27-16-21-11-9-10-12-22(21)17-31-23-13-7-6-8-14-23/h6-14,18H,15-17H2,1-5H3,(H2,26,27,28). The van der Waals surface area contributed by atoms with Gasteiger partial charge in [0, 0.05) is 32.4 Å². The van der Waals surface area contributed by atoms with E-state index in [9.17, 15) is 0 Å². The quantitative estimate of drug-likeness (QED) is 0.429. The Hall–Kier alpha value is -3.28. The monoisotopic (exact) mass is 419 g/mol. The Morgan fingerprint density at radius 2 is 1.74 bits per heavy atom. The molecule has 0 aliphatic rings. The number of aryl methyl sites for hydroxylation is 2. The predicted octanol–water partition coefficient (Wildman–Crippen LogP) is 3.91. The maximum Gasteiger partial charge on any atom is 0.191 e. The van der Waals surface area contributed by atoms with Gasteiger partial charge in [-0.2, -0.15) is 5.10 Å². The van der Waals surface area contributed by atoms with Crippen LogP contribution in [-0.2, 0) is 26.6 Å². The Morgan fingerprint density at radius 1 is 1.06 bits per heavy atom. The minimum absolute atomic E-state index is 0.226. The summed E-state index contributed by atoms with van der Waals surface area (Å²) < 4.78 is 7.88. The highest BCUT2D eigenvalue weighted by Crippen LogP contribution is 2.15. The molecule has 1 aromatic heterocycles. The van der Waals surface area contributed by atoms with Crippen LogP contribution < -0.4 is 15.4 Å². The highest BCUT2D eigenvalue weighted by atomic mass is 16.5. The smallest absolute Gasteiger partial charge is 0.191 e. The zero-order chi connectivity index (χ0) is 22.2. The average Bonchev–Trinajstić information content (AvgIpc) is 3.02. The van der Waals surface area contributed by atoms with Crippen LogP contribution in [0, 0.1) is 13.8 Å². The van der Waals surface area contributed by atoms with E-state index in [1.807, 2.05) is 48.1 Å². The van der Waals surface area contributed by atoms with Gasteiger partial charge < -0.3 is 15.4 Å². The zero-order valence-corrected chi connectivity index (χ0v) is 19.1. The lowest BCUT2D eigenvalue weighted by Gasteiger charge is -2.19. The third kappa shape index (κ3) is 6.10. The molecule has 1 heterocycles. The molecule has 2 aromatic carbocycles. The largest absolute Gasteiger partial charge is 0.489 e. The van der Waals surface area contributed by atoms with Crippen molar-refractivity contribution in [1.82, 2.24) is 20.4 Å². The van der Waals surface area contributed by atoms with Crippen molar-refractivity contribution < 1.29 is 4.74 Å². The molecule has 0 radical (unpaired) electrons. The number of benzene rings is 2. The Bertz CT molecular complexity index is 1010. The maximum atomic E-state index is 5.94. The molecule has 1 unspecified atom stereocenters. The number of nitrogens with zero attached hydrogens (tertiary/aromatic N) is 3. The van der Waals surface area contributed by atoms with Crippen LogP contribution >= 0.6 is 0 Å². The zero-order valence-electron chi connectivity index (χ0n) is 19.1. The molecule has 164 valence electrons. The number of hydrogen-bond donors (Lipinski definition) is 2. The normalized spacial score (nSPS) is 12.5. The van der Waals surface area contributed by atoms with Crippen LogP contribution in [0.15, 0.2) is 59.6 Å². The van der Waals surface area contributed by atoms with Crippen molar-refractivity contribution in [1.29, 1.82) is 0 Å². The first-order valence-corrected chi connectivity index (χ1v) is 10.7. The van der Waals surface area contributed by atoms with Gasteiger partial charge in [0.05, 0.1) is 5.69 Å². The summed E-state index contributed by atoms with van der Waals surface area (Å²) in [4.78, 5) is 4.40. The van der Waals surface area contributed by atoms with Crippen molar-refractivity contribution in [2.24, 2.45) is 12.0 Å². The third-order valence-electron chi connectivity index (χ3n) is 5.48. The van der Waals surface area contributed by atoms with Gasteiger partial charge in [0.15, 0.2) is 5.96 Å². The predicted molar refractivity (Wildman–Crippen MR) is 126 cm³/mol. The van der Waals surface area contributed by atoms with Gasteiger partial charge in [-0.15, -0.1) is 0 Å². The van der Waals surface area contributed by atoms with Gasteiger partial charge in [0.25, 0.3) is 0 Å². The molecule has 6 nitrogen and oxygen atoms in total. The number of hydrogen-bond acceptors (Lipinski definition) is 3. The Kier molecular flexibility index (Phi) is 7.70. The second-order valence-electron chi connectivity index (χ2n) is 7.82. The van der Waals surface area contributed by atoms with Crippen molar-refractivity contribution in [3.05, 3.63) is 82.7 Å². The van der Waals surface area contributed by atoms with Gasteiger partial charge >= 0.3 is 0 Å². The topological polar surface area (TPSA) is 63.5 Å². The molecule has 31 heavy (non-hydrogen) atoms. The Morgan fingerprint density at radius 3 is 2.39 bits per heavy atom. The summed E-state index contributed by atoms with van der Waals surface area (Å²) in [6.45, 7) is 7.55. The van der Waals surface area contributed by atoms with Gasteiger partial charge in [-0.3, -0.25) is 9.67 Å². The second-order valence-corrected chi connectivity index (χ2v) is 7.82. The lowest BCUT2D eigenvalue weighted by molar-refractivity contribution is 0.305. The molecule has 0 saturated carbocycles. The van der Waals surface area contributed by atoms with E-state index in [-0.39, 0.29) is 6.04 Å². The van der Waals surface area contributed by atoms with Gasteiger partial charge in [-0.1, -0.05) is 42.5 Å². The fourth-order valence-electron chi connectivity index (χ4n) is 3.63. The van der Waals surface area contributed by atoms with E-state index in [1.165, 1.54) is 16.8 Å². The molecule has 0 aliphatic heterocycles. The van der Waals surface area contributed by atoms with E-state index in [4.69, 9.17) is 4.74 Å². The molecule has 0 fully saturated rings. The van der Waals surface area contributed by atoms with E-state index in [0.29, 0.717) is 13.2 Å². The third-order valence-corrected chi connectivity index (χ3v) is 5.48. The molecule has 3 aromatic rings. The number of aliphatic imine (C=N–C) groups is 1. The van der Waals surface area contributed by atoms with Crippen LogP contribution in [-0.4, -0.2) is 28.8 Å². The maximum absolute atomic E-state index is 5.94. The molecule has 6 heteroatoms. The van der Waals surface area contributed by atoms with Gasteiger partial charge in [-0.25, -0.2) is 0 Å². The van der Waals surface area contributed by atoms with Crippen LogP contribution in [0.1, 0.15) is 35.0 Å². The highest BCUT2D eigenvalue weighted by molar-refractivity contribution is 5.80. The van der Waals surface area contributed by atoms with Gasteiger partial charge in [0.1, 0.15) is 12.4 Å². The van der Waals surface area contributed by atoms with Crippen LogP contribution in [0.25, 0.3) is 0 Å². The minimum atomic E-state index is 0.226. The molecular weight excluding hydrogens is 386 g/mol. The molecule has 1 atom stereocenters. The number of rotatable bonds is 8. The molecule has 2 N–H and O–H groups in total. The lowest BCUT2D eigenvalue weighted by atomic mass is 10.1. The Labute approximate surface area is 185 Å². The lowest BCUT2D eigenvalue weighted by Crippen LogP contribution is -2.42. The van der Waals surface area contributed by atoms with Crippen LogP contribution in [0.4, 0.5) is 0 Å². The van der Waals surface area contributed by atoms with Crippen molar-refractivity contribution >= 4 is 5.96 Å². The van der Waals surface area contributed by atoms with E-state index in [1.54, 1.807) is 7.05 Å². The van der Waals surface area contributed by atoms with Crippen LogP contribution in [0.2, 0.25) is 0 Å². The molecule has 0 aliphatic carbocycles. The first-order chi connectivity index (χ1) is 15.0. The molecule has 0 saturated heterocycles. The summed E-state index contributed by atoms with van der Waals surface area (Å²) in [6, 6.07) is 18.4. The fraction of sp³-hybridized carbons (Fsp3) is 0.360. The molecule has 0 spiro atoms. The van der Waals surface area contributed by atoms with Crippen molar-refractivity contribution in [3.63, 3.8) is 0 Å². The van der Waals surface area contributed by atoms with Crippen molar-refractivity contribution in [3.8, 4) is 5.75 Å². The summed E-state index contributed by atoms with van der Waals surface area (Å²) in [5.74, 6) is 1.66. The minimum Gasteiger partial charge on any atom is -0.489 e.